The molecule has 2 unspecified atom stereocenters. The maximum atomic E-state index is 10.0. The van der Waals surface area contributed by atoms with Crippen LogP contribution in [0.4, 0.5) is 0 Å². The van der Waals surface area contributed by atoms with E-state index < -0.39 is 0 Å². The summed E-state index contributed by atoms with van der Waals surface area (Å²) in [4.78, 5) is 2.66. The minimum atomic E-state index is -0.0959. The quantitative estimate of drug-likeness (QED) is 0.765. The number of fused-ring (bicyclic) bond motifs is 1. The third-order valence-corrected chi connectivity index (χ3v) is 5.01. The number of nitrogens with zero attached hydrogens (tertiary/aromatic N) is 1. The van der Waals surface area contributed by atoms with Crippen molar-refractivity contribution in [3.05, 3.63) is 0 Å². The molecule has 3 nitrogen and oxygen atoms in total. The van der Waals surface area contributed by atoms with Gasteiger partial charge in [0.1, 0.15) is 0 Å². The zero-order valence-corrected chi connectivity index (χ0v) is 10.8. The maximum Gasteiger partial charge on any atom is 0.0693 e. The van der Waals surface area contributed by atoms with E-state index in [-0.39, 0.29) is 6.10 Å². The SMILES string of the molecule is O[C@H]1CCCC[C@@H]1NC1CCN2CCCCC12. The average molecular weight is 238 g/mol. The largest absolute Gasteiger partial charge is 0.392 e. The summed E-state index contributed by atoms with van der Waals surface area (Å²) in [6.45, 7) is 2.57. The zero-order valence-electron chi connectivity index (χ0n) is 10.8. The van der Waals surface area contributed by atoms with E-state index in [1.54, 1.807) is 0 Å². The third kappa shape index (κ3) is 2.51. The number of rotatable bonds is 2. The Morgan fingerprint density at radius 2 is 1.65 bits per heavy atom. The summed E-state index contributed by atoms with van der Waals surface area (Å²) in [6, 6.07) is 1.78. The molecule has 3 heteroatoms. The predicted octanol–water partition coefficient (Wildman–Crippen LogP) is 1.51. The van der Waals surface area contributed by atoms with Gasteiger partial charge in [-0.3, -0.25) is 4.90 Å². The van der Waals surface area contributed by atoms with Crippen LogP contribution in [-0.2, 0) is 0 Å². The van der Waals surface area contributed by atoms with E-state index in [9.17, 15) is 5.11 Å². The number of aliphatic hydroxyl groups excluding tert-OH is 1. The van der Waals surface area contributed by atoms with Gasteiger partial charge in [0.15, 0.2) is 0 Å². The summed E-state index contributed by atoms with van der Waals surface area (Å²) in [6.07, 6.45) is 10.00. The number of hydrogen-bond acceptors (Lipinski definition) is 3. The van der Waals surface area contributed by atoms with Crippen LogP contribution in [0, 0.1) is 0 Å². The standard InChI is InChI=1S/C14H26N2O/c17-14-7-2-1-5-12(14)15-11-8-10-16-9-4-3-6-13(11)16/h11-15,17H,1-10H2/t11?,12-,13?,14-/m0/s1. The van der Waals surface area contributed by atoms with Gasteiger partial charge < -0.3 is 10.4 Å². The summed E-state index contributed by atoms with van der Waals surface area (Å²) < 4.78 is 0. The Bertz CT molecular complexity index is 259. The Morgan fingerprint density at radius 1 is 0.824 bits per heavy atom. The van der Waals surface area contributed by atoms with Crippen molar-refractivity contribution in [3.63, 3.8) is 0 Å². The van der Waals surface area contributed by atoms with Crippen LogP contribution >= 0.6 is 0 Å². The molecular formula is C14H26N2O. The maximum absolute atomic E-state index is 10.0. The molecule has 2 N–H and O–H groups in total. The van der Waals surface area contributed by atoms with Crippen molar-refractivity contribution < 1.29 is 5.11 Å². The molecule has 17 heavy (non-hydrogen) atoms. The van der Waals surface area contributed by atoms with Crippen LogP contribution in [-0.4, -0.2) is 47.3 Å². The fraction of sp³-hybridized carbons (Fsp3) is 1.00. The van der Waals surface area contributed by atoms with Gasteiger partial charge in [-0.1, -0.05) is 19.3 Å². The van der Waals surface area contributed by atoms with Gasteiger partial charge in [0, 0.05) is 24.7 Å². The first-order valence-electron chi connectivity index (χ1n) is 7.53. The molecule has 0 aromatic carbocycles. The Hall–Kier alpha value is -0.120. The number of nitrogens with one attached hydrogen (secondary N) is 1. The molecule has 3 fully saturated rings. The molecule has 98 valence electrons. The smallest absolute Gasteiger partial charge is 0.0693 e. The molecule has 3 rings (SSSR count). The Morgan fingerprint density at radius 3 is 2.53 bits per heavy atom. The highest BCUT2D eigenvalue weighted by molar-refractivity contribution is 4.96. The molecule has 3 aliphatic rings. The van der Waals surface area contributed by atoms with Gasteiger partial charge in [0.05, 0.1) is 6.10 Å². The van der Waals surface area contributed by atoms with Crippen LogP contribution in [0.5, 0.6) is 0 Å². The Labute approximate surface area is 105 Å². The molecule has 4 atom stereocenters. The highest BCUT2D eigenvalue weighted by Crippen LogP contribution is 2.29. The van der Waals surface area contributed by atoms with E-state index in [1.165, 1.54) is 58.0 Å². The molecular weight excluding hydrogens is 212 g/mol. The fourth-order valence-electron chi connectivity index (χ4n) is 4.02. The fourth-order valence-corrected chi connectivity index (χ4v) is 4.02. The van der Waals surface area contributed by atoms with Gasteiger partial charge in [-0.25, -0.2) is 0 Å². The monoisotopic (exact) mass is 238 g/mol. The molecule has 0 aromatic heterocycles. The molecule has 2 aliphatic heterocycles. The first-order valence-corrected chi connectivity index (χ1v) is 7.53. The molecule has 2 heterocycles. The highest BCUT2D eigenvalue weighted by Gasteiger charge is 2.37. The third-order valence-electron chi connectivity index (χ3n) is 5.01. The molecule has 0 bridgehead atoms. The summed E-state index contributed by atoms with van der Waals surface area (Å²) in [7, 11) is 0. The van der Waals surface area contributed by atoms with Crippen molar-refractivity contribution >= 4 is 0 Å². The first-order chi connectivity index (χ1) is 8.34. The van der Waals surface area contributed by atoms with Crippen molar-refractivity contribution in [2.24, 2.45) is 0 Å². The van der Waals surface area contributed by atoms with Gasteiger partial charge in [0.2, 0.25) is 0 Å². The molecule has 1 aliphatic carbocycles. The van der Waals surface area contributed by atoms with E-state index in [1.807, 2.05) is 0 Å². The summed E-state index contributed by atoms with van der Waals surface area (Å²) in [5.41, 5.74) is 0. The van der Waals surface area contributed by atoms with Gasteiger partial charge in [0.25, 0.3) is 0 Å². The van der Waals surface area contributed by atoms with E-state index in [4.69, 9.17) is 0 Å². The second kappa shape index (κ2) is 5.25. The number of piperidine rings is 1. The van der Waals surface area contributed by atoms with Crippen molar-refractivity contribution in [2.75, 3.05) is 13.1 Å². The number of hydrogen-bond donors (Lipinski definition) is 2. The van der Waals surface area contributed by atoms with E-state index >= 15 is 0 Å². The Kier molecular flexibility index (Phi) is 3.69. The van der Waals surface area contributed by atoms with Crippen LogP contribution in [0.1, 0.15) is 51.4 Å². The van der Waals surface area contributed by atoms with Gasteiger partial charge in [-0.2, -0.15) is 0 Å². The summed E-state index contributed by atoms with van der Waals surface area (Å²) in [5, 5.41) is 13.8. The van der Waals surface area contributed by atoms with Crippen LogP contribution in [0.3, 0.4) is 0 Å². The van der Waals surface area contributed by atoms with Gasteiger partial charge in [-0.05, 0) is 38.6 Å². The molecule has 0 amide bonds. The predicted molar refractivity (Wildman–Crippen MR) is 69.0 cm³/mol. The lowest BCUT2D eigenvalue weighted by Gasteiger charge is -2.36. The molecule has 0 aromatic rings. The van der Waals surface area contributed by atoms with E-state index in [0.717, 1.165) is 12.5 Å². The summed E-state index contributed by atoms with van der Waals surface area (Å²) >= 11 is 0. The normalized spacial score (nSPS) is 43.6. The average Bonchev–Trinajstić information content (AvgIpc) is 2.76. The lowest BCUT2D eigenvalue weighted by Crippen LogP contribution is -2.52. The molecule has 0 spiro atoms. The zero-order chi connectivity index (χ0) is 11.7. The Balaban J connectivity index is 1.57. The second-order valence-corrected chi connectivity index (χ2v) is 6.12. The van der Waals surface area contributed by atoms with Crippen molar-refractivity contribution in [2.45, 2.75) is 75.6 Å². The van der Waals surface area contributed by atoms with Crippen LogP contribution in [0.25, 0.3) is 0 Å². The lowest BCUT2D eigenvalue weighted by atomic mass is 9.90. The van der Waals surface area contributed by atoms with Crippen molar-refractivity contribution in [1.29, 1.82) is 0 Å². The highest BCUT2D eigenvalue weighted by atomic mass is 16.3. The van der Waals surface area contributed by atoms with Crippen LogP contribution in [0.15, 0.2) is 0 Å². The van der Waals surface area contributed by atoms with Crippen LogP contribution in [0.2, 0.25) is 0 Å². The van der Waals surface area contributed by atoms with E-state index in [0.29, 0.717) is 12.1 Å². The molecule has 0 radical (unpaired) electrons. The minimum Gasteiger partial charge on any atom is -0.392 e. The minimum absolute atomic E-state index is 0.0959. The topological polar surface area (TPSA) is 35.5 Å². The van der Waals surface area contributed by atoms with Crippen LogP contribution < -0.4 is 5.32 Å². The first kappa shape index (κ1) is 11.9. The van der Waals surface area contributed by atoms with Crippen molar-refractivity contribution in [3.8, 4) is 0 Å². The lowest BCUT2D eigenvalue weighted by molar-refractivity contribution is 0.0781. The second-order valence-electron chi connectivity index (χ2n) is 6.12. The van der Waals surface area contributed by atoms with E-state index in [2.05, 4.69) is 10.2 Å². The van der Waals surface area contributed by atoms with Crippen molar-refractivity contribution in [1.82, 2.24) is 10.2 Å². The molecule has 2 saturated heterocycles. The van der Waals surface area contributed by atoms with Gasteiger partial charge >= 0.3 is 0 Å². The number of aliphatic hydroxyl groups is 1. The summed E-state index contributed by atoms with van der Waals surface area (Å²) in [5.74, 6) is 0. The van der Waals surface area contributed by atoms with Gasteiger partial charge in [-0.15, -0.1) is 0 Å². The molecule has 1 saturated carbocycles.